The van der Waals surface area contributed by atoms with Gasteiger partial charge in [-0.05, 0) is 47.1 Å². The summed E-state index contributed by atoms with van der Waals surface area (Å²) in [5, 5.41) is 3.29. The van der Waals surface area contributed by atoms with E-state index >= 15 is 0 Å². The van der Waals surface area contributed by atoms with Gasteiger partial charge in [0.2, 0.25) is 0 Å². The Morgan fingerprint density at radius 3 is 2.83 bits per heavy atom. The second-order valence-corrected chi connectivity index (χ2v) is 5.04. The predicted octanol–water partition coefficient (Wildman–Crippen LogP) is 4.34. The second-order valence-electron chi connectivity index (χ2n) is 3.91. The Morgan fingerprint density at radius 2 is 2.22 bits per heavy atom. The van der Waals surface area contributed by atoms with Crippen molar-refractivity contribution in [2.75, 3.05) is 7.05 Å². The molecular weight excluding hydrogens is 321 g/mol. The summed E-state index contributed by atoms with van der Waals surface area (Å²) in [6.45, 7) is 0. The third kappa shape index (κ3) is 2.76. The van der Waals surface area contributed by atoms with Crippen molar-refractivity contribution in [1.29, 1.82) is 0 Å². The molecule has 1 N–H and O–H groups in total. The average Bonchev–Trinajstić information content (AvgIpc) is 2.77. The Kier molecular flexibility index (Phi) is 4.43. The first-order chi connectivity index (χ1) is 8.63. The van der Waals surface area contributed by atoms with E-state index in [4.69, 9.17) is 16.0 Å². The van der Waals surface area contributed by atoms with Crippen LogP contribution in [-0.2, 0) is 6.42 Å². The Labute approximate surface area is 118 Å². The SMILES string of the molecule is CNC(Cc1cccc(Cl)c1F)c1ccoc1Br. The molecule has 18 heavy (non-hydrogen) atoms. The van der Waals surface area contributed by atoms with Crippen LogP contribution in [0.3, 0.4) is 0 Å². The molecule has 1 unspecified atom stereocenters. The van der Waals surface area contributed by atoms with Gasteiger partial charge in [-0.25, -0.2) is 4.39 Å². The minimum absolute atomic E-state index is 0.0360. The standard InChI is InChI=1S/C13H12BrClFNO/c1-17-11(9-5-6-18-13(9)14)7-8-3-2-4-10(15)12(8)16/h2-6,11,17H,7H2,1H3. The first kappa shape index (κ1) is 13.6. The Morgan fingerprint density at radius 1 is 1.44 bits per heavy atom. The van der Waals surface area contributed by atoms with Crippen molar-refractivity contribution in [3.63, 3.8) is 0 Å². The minimum Gasteiger partial charge on any atom is -0.457 e. The molecule has 0 saturated carbocycles. The molecule has 1 atom stereocenters. The number of hydrogen-bond acceptors (Lipinski definition) is 2. The zero-order valence-corrected chi connectivity index (χ0v) is 12.1. The monoisotopic (exact) mass is 331 g/mol. The van der Waals surface area contributed by atoms with E-state index in [0.29, 0.717) is 16.7 Å². The largest absolute Gasteiger partial charge is 0.457 e. The Hall–Kier alpha value is -0.840. The molecule has 1 heterocycles. The van der Waals surface area contributed by atoms with Crippen LogP contribution < -0.4 is 5.32 Å². The lowest BCUT2D eigenvalue weighted by Crippen LogP contribution is -2.19. The summed E-state index contributed by atoms with van der Waals surface area (Å²) in [5.41, 5.74) is 1.53. The van der Waals surface area contributed by atoms with E-state index in [2.05, 4.69) is 21.2 Å². The van der Waals surface area contributed by atoms with Crippen LogP contribution in [0.15, 0.2) is 39.6 Å². The van der Waals surface area contributed by atoms with Crippen LogP contribution >= 0.6 is 27.5 Å². The van der Waals surface area contributed by atoms with Gasteiger partial charge in [-0.3, -0.25) is 0 Å². The first-order valence-electron chi connectivity index (χ1n) is 5.46. The molecule has 0 fully saturated rings. The molecule has 96 valence electrons. The van der Waals surface area contributed by atoms with E-state index in [-0.39, 0.29) is 16.9 Å². The van der Waals surface area contributed by atoms with E-state index in [1.807, 2.05) is 13.1 Å². The molecule has 1 aromatic carbocycles. The zero-order chi connectivity index (χ0) is 13.1. The Bertz CT molecular complexity index is 544. The maximum absolute atomic E-state index is 13.8. The van der Waals surface area contributed by atoms with Gasteiger partial charge < -0.3 is 9.73 Å². The van der Waals surface area contributed by atoms with E-state index in [1.165, 1.54) is 0 Å². The molecule has 0 aliphatic heterocycles. The molecule has 0 aliphatic rings. The van der Waals surface area contributed by atoms with Crippen LogP contribution in [0.2, 0.25) is 5.02 Å². The van der Waals surface area contributed by atoms with Crippen LogP contribution in [0.1, 0.15) is 17.2 Å². The zero-order valence-electron chi connectivity index (χ0n) is 9.71. The molecule has 5 heteroatoms. The van der Waals surface area contributed by atoms with Crippen molar-refractivity contribution in [3.05, 3.63) is 57.2 Å². The van der Waals surface area contributed by atoms with Crippen molar-refractivity contribution in [2.45, 2.75) is 12.5 Å². The maximum atomic E-state index is 13.8. The highest BCUT2D eigenvalue weighted by Gasteiger charge is 2.18. The summed E-state index contributed by atoms with van der Waals surface area (Å²) >= 11 is 9.10. The lowest BCUT2D eigenvalue weighted by molar-refractivity contribution is 0.512. The molecule has 0 amide bonds. The fourth-order valence-corrected chi connectivity index (χ4v) is 2.56. The van der Waals surface area contributed by atoms with Gasteiger partial charge >= 0.3 is 0 Å². The number of halogens is 3. The Balaban J connectivity index is 2.26. The van der Waals surface area contributed by atoms with Crippen molar-refractivity contribution in [1.82, 2.24) is 5.32 Å². The maximum Gasteiger partial charge on any atom is 0.173 e. The molecule has 1 aromatic heterocycles. The third-order valence-electron chi connectivity index (χ3n) is 2.83. The van der Waals surface area contributed by atoms with Crippen molar-refractivity contribution in [3.8, 4) is 0 Å². The predicted molar refractivity (Wildman–Crippen MR) is 73.3 cm³/mol. The quantitative estimate of drug-likeness (QED) is 0.901. The van der Waals surface area contributed by atoms with Gasteiger partial charge in [0.15, 0.2) is 4.67 Å². The van der Waals surface area contributed by atoms with Gasteiger partial charge in [0, 0.05) is 11.6 Å². The minimum atomic E-state index is -0.362. The molecule has 2 nitrogen and oxygen atoms in total. The fourth-order valence-electron chi connectivity index (χ4n) is 1.85. The second kappa shape index (κ2) is 5.87. The molecule has 2 rings (SSSR count). The van der Waals surface area contributed by atoms with Gasteiger partial charge in [0.1, 0.15) is 5.82 Å². The van der Waals surface area contributed by atoms with E-state index in [0.717, 1.165) is 5.56 Å². The van der Waals surface area contributed by atoms with Gasteiger partial charge in [-0.2, -0.15) is 0 Å². The summed E-state index contributed by atoms with van der Waals surface area (Å²) in [7, 11) is 1.83. The molecule has 0 saturated heterocycles. The number of rotatable bonds is 4. The van der Waals surface area contributed by atoms with Crippen LogP contribution in [0, 0.1) is 5.82 Å². The molecule has 2 aromatic rings. The topological polar surface area (TPSA) is 25.2 Å². The van der Waals surface area contributed by atoms with Crippen LogP contribution in [0.5, 0.6) is 0 Å². The summed E-state index contributed by atoms with van der Waals surface area (Å²) in [6.07, 6.45) is 2.10. The highest BCUT2D eigenvalue weighted by Crippen LogP contribution is 2.28. The van der Waals surface area contributed by atoms with Crippen molar-refractivity contribution >= 4 is 27.5 Å². The summed E-state index contributed by atoms with van der Waals surface area (Å²) < 4.78 is 19.7. The van der Waals surface area contributed by atoms with Gasteiger partial charge in [0.25, 0.3) is 0 Å². The number of likely N-dealkylation sites (N-methyl/N-ethyl adjacent to an activating group) is 1. The summed E-state index contributed by atoms with van der Waals surface area (Å²) in [5.74, 6) is -0.362. The average molecular weight is 333 g/mol. The van der Waals surface area contributed by atoms with Gasteiger partial charge in [-0.1, -0.05) is 23.7 Å². The summed E-state index contributed by atoms with van der Waals surface area (Å²) in [6, 6.07) is 6.85. The third-order valence-corrected chi connectivity index (χ3v) is 3.76. The molecule has 0 spiro atoms. The van der Waals surface area contributed by atoms with E-state index in [9.17, 15) is 4.39 Å². The van der Waals surface area contributed by atoms with E-state index in [1.54, 1.807) is 24.5 Å². The smallest absolute Gasteiger partial charge is 0.173 e. The molecular formula is C13H12BrClFNO. The number of benzene rings is 1. The van der Waals surface area contributed by atoms with Gasteiger partial charge in [-0.15, -0.1) is 0 Å². The lowest BCUT2D eigenvalue weighted by atomic mass is 10.0. The van der Waals surface area contributed by atoms with E-state index < -0.39 is 0 Å². The molecule has 0 aliphatic carbocycles. The van der Waals surface area contributed by atoms with Crippen LogP contribution in [-0.4, -0.2) is 7.05 Å². The number of hydrogen-bond donors (Lipinski definition) is 1. The first-order valence-corrected chi connectivity index (χ1v) is 6.63. The van der Waals surface area contributed by atoms with Crippen LogP contribution in [0.4, 0.5) is 4.39 Å². The highest BCUT2D eigenvalue weighted by molar-refractivity contribution is 9.10. The lowest BCUT2D eigenvalue weighted by Gasteiger charge is -2.16. The van der Waals surface area contributed by atoms with Crippen molar-refractivity contribution in [2.24, 2.45) is 0 Å². The van der Waals surface area contributed by atoms with Gasteiger partial charge in [0.05, 0.1) is 11.3 Å². The normalized spacial score (nSPS) is 12.7. The highest BCUT2D eigenvalue weighted by atomic mass is 79.9. The summed E-state index contributed by atoms with van der Waals surface area (Å²) in [4.78, 5) is 0. The molecule has 0 bridgehead atoms. The van der Waals surface area contributed by atoms with Crippen LogP contribution in [0.25, 0.3) is 0 Å². The number of nitrogens with one attached hydrogen (secondary N) is 1. The number of furan rings is 1. The van der Waals surface area contributed by atoms with Crippen molar-refractivity contribution < 1.29 is 8.81 Å². The molecule has 0 radical (unpaired) electrons. The fraction of sp³-hybridized carbons (Fsp3) is 0.231.